The van der Waals surface area contributed by atoms with E-state index >= 15 is 0 Å². The van der Waals surface area contributed by atoms with Crippen LogP contribution in [0, 0.1) is 13.8 Å². The number of nitrogens with zero attached hydrogens (tertiary/aromatic N) is 1. The summed E-state index contributed by atoms with van der Waals surface area (Å²) in [7, 11) is 0. The highest BCUT2D eigenvalue weighted by molar-refractivity contribution is 5.94. The largest absolute Gasteiger partial charge is 0.478 e. The third kappa shape index (κ3) is 2.91. The molecule has 1 saturated heterocycles. The molecule has 108 valence electrons. The fourth-order valence-electron chi connectivity index (χ4n) is 2.28. The number of nitrogens with one attached hydrogen (secondary N) is 1. The molecule has 1 unspecified atom stereocenters. The molecule has 1 aromatic carbocycles. The number of aliphatic hydroxyl groups excluding tert-OH is 1. The number of benzene rings is 1. The first kappa shape index (κ1) is 14.3. The van der Waals surface area contributed by atoms with Crippen molar-refractivity contribution in [2.45, 2.75) is 26.4 Å². The third-order valence-electron chi connectivity index (χ3n) is 3.60. The van der Waals surface area contributed by atoms with Crippen LogP contribution in [-0.2, 0) is 0 Å². The molecule has 3 N–H and O–H groups in total. The van der Waals surface area contributed by atoms with Gasteiger partial charge in [-0.3, -0.25) is 0 Å². The lowest BCUT2D eigenvalue weighted by atomic mass is 10.0. The maximum absolute atomic E-state index is 12.0. The van der Waals surface area contributed by atoms with Crippen molar-refractivity contribution < 1.29 is 19.8 Å². The predicted molar refractivity (Wildman–Crippen MR) is 74.1 cm³/mol. The molecule has 1 fully saturated rings. The molecular weight excluding hydrogens is 260 g/mol. The number of carbonyl (C=O) groups excluding carboxylic acids is 1. The Morgan fingerprint density at radius 2 is 2.05 bits per heavy atom. The Balaban J connectivity index is 2.17. The number of anilines is 1. The van der Waals surface area contributed by atoms with E-state index in [2.05, 4.69) is 5.32 Å². The molecule has 2 rings (SSSR count). The Bertz CT molecular complexity index is 556. The van der Waals surface area contributed by atoms with Gasteiger partial charge < -0.3 is 20.4 Å². The topological polar surface area (TPSA) is 89.9 Å². The monoisotopic (exact) mass is 278 g/mol. The van der Waals surface area contributed by atoms with Crippen LogP contribution in [0.3, 0.4) is 0 Å². The van der Waals surface area contributed by atoms with Crippen molar-refractivity contribution in [1.29, 1.82) is 0 Å². The standard InChI is InChI=1S/C14H18N2O4/c1-8-5-10(6-12(9(8)2)13(18)19)15-14(20)16-4-3-11(17)7-16/h5-6,11,17H,3-4,7H2,1-2H3,(H,15,20)(H,18,19). The highest BCUT2D eigenvalue weighted by Gasteiger charge is 2.24. The molecule has 2 amide bonds. The summed E-state index contributed by atoms with van der Waals surface area (Å²) in [6.45, 7) is 4.35. The van der Waals surface area contributed by atoms with Crippen molar-refractivity contribution in [3.05, 3.63) is 28.8 Å². The molecule has 0 aromatic heterocycles. The molecule has 6 nitrogen and oxygen atoms in total. The molecule has 0 saturated carbocycles. The van der Waals surface area contributed by atoms with Crippen molar-refractivity contribution in [2.24, 2.45) is 0 Å². The zero-order valence-electron chi connectivity index (χ0n) is 11.5. The molecule has 0 radical (unpaired) electrons. The fourth-order valence-corrected chi connectivity index (χ4v) is 2.28. The molecule has 1 heterocycles. The van der Waals surface area contributed by atoms with Gasteiger partial charge in [0, 0.05) is 18.8 Å². The molecule has 20 heavy (non-hydrogen) atoms. The summed E-state index contributed by atoms with van der Waals surface area (Å²) in [4.78, 5) is 24.7. The molecule has 0 aliphatic carbocycles. The minimum absolute atomic E-state index is 0.182. The molecule has 0 spiro atoms. The van der Waals surface area contributed by atoms with Crippen LogP contribution < -0.4 is 5.32 Å². The van der Waals surface area contributed by atoms with Gasteiger partial charge in [-0.05, 0) is 43.5 Å². The van der Waals surface area contributed by atoms with E-state index < -0.39 is 12.1 Å². The first-order chi connectivity index (χ1) is 9.38. The van der Waals surface area contributed by atoms with Crippen LogP contribution in [0.5, 0.6) is 0 Å². The van der Waals surface area contributed by atoms with E-state index in [1.165, 1.54) is 11.0 Å². The van der Waals surface area contributed by atoms with E-state index in [0.29, 0.717) is 30.8 Å². The first-order valence-corrected chi connectivity index (χ1v) is 6.47. The lowest BCUT2D eigenvalue weighted by Gasteiger charge is -2.17. The predicted octanol–water partition coefficient (Wildman–Crippen LogP) is 1.60. The molecule has 1 aliphatic heterocycles. The fraction of sp³-hybridized carbons (Fsp3) is 0.429. The van der Waals surface area contributed by atoms with Gasteiger partial charge in [-0.25, -0.2) is 9.59 Å². The zero-order valence-corrected chi connectivity index (χ0v) is 11.5. The highest BCUT2D eigenvalue weighted by Crippen LogP contribution is 2.21. The number of aromatic carboxylic acids is 1. The average Bonchev–Trinajstić information content (AvgIpc) is 2.80. The number of carbonyl (C=O) groups is 2. The summed E-state index contributed by atoms with van der Waals surface area (Å²) in [5.41, 5.74) is 2.13. The van der Waals surface area contributed by atoms with Crippen molar-refractivity contribution in [2.75, 3.05) is 18.4 Å². The SMILES string of the molecule is Cc1cc(NC(=O)N2CCC(O)C2)cc(C(=O)O)c1C. The number of carboxylic acids is 1. The minimum atomic E-state index is -1.02. The lowest BCUT2D eigenvalue weighted by Crippen LogP contribution is -2.33. The van der Waals surface area contributed by atoms with E-state index in [0.717, 1.165) is 5.56 Å². The Hall–Kier alpha value is -2.08. The van der Waals surface area contributed by atoms with Gasteiger partial charge in [0.25, 0.3) is 0 Å². The van der Waals surface area contributed by atoms with Crippen LogP contribution in [0.4, 0.5) is 10.5 Å². The smallest absolute Gasteiger partial charge is 0.336 e. The molecular formula is C14H18N2O4. The molecule has 1 atom stereocenters. The number of aryl methyl sites for hydroxylation is 1. The van der Waals surface area contributed by atoms with Crippen molar-refractivity contribution in [3.63, 3.8) is 0 Å². The lowest BCUT2D eigenvalue weighted by molar-refractivity contribution is 0.0696. The van der Waals surface area contributed by atoms with Crippen LogP contribution in [0.1, 0.15) is 27.9 Å². The van der Waals surface area contributed by atoms with E-state index in [-0.39, 0.29) is 11.6 Å². The second-order valence-electron chi connectivity index (χ2n) is 5.09. The van der Waals surface area contributed by atoms with E-state index in [9.17, 15) is 14.7 Å². The average molecular weight is 278 g/mol. The summed E-state index contributed by atoms with van der Waals surface area (Å²) in [5, 5.41) is 21.2. The van der Waals surface area contributed by atoms with Gasteiger partial charge in [0.2, 0.25) is 0 Å². The molecule has 0 bridgehead atoms. The number of urea groups is 1. The maximum Gasteiger partial charge on any atom is 0.336 e. The molecule has 6 heteroatoms. The Morgan fingerprint density at radius 1 is 1.35 bits per heavy atom. The van der Waals surface area contributed by atoms with Crippen LogP contribution in [0.2, 0.25) is 0 Å². The summed E-state index contributed by atoms with van der Waals surface area (Å²) in [6, 6.07) is 2.88. The number of amides is 2. The Labute approximate surface area is 117 Å². The number of aliphatic hydroxyl groups is 1. The Morgan fingerprint density at radius 3 is 2.60 bits per heavy atom. The van der Waals surface area contributed by atoms with E-state index in [1.807, 2.05) is 0 Å². The van der Waals surface area contributed by atoms with E-state index in [4.69, 9.17) is 5.11 Å². The van der Waals surface area contributed by atoms with Crippen molar-refractivity contribution >= 4 is 17.7 Å². The zero-order chi connectivity index (χ0) is 14.9. The molecule has 1 aromatic rings. The van der Waals surface area contributed by atoms with Gasteiger partial charge in [0.05, 0.1) is 11.7 Å². The second kappa shape index (κ2) is 5.50. The summed E-state index contributed by atoms with van der Waals surface area (Å²) in [6.07, 6.45) is 0.0934. The van der Waals surface area contributed by atoms with Crippen LogP contribution in [0.25, 0.3) is 0 Å². The number of β-amino-alcohol motifs (C(OH)–C–C–N with tert-alkyl or cyclic N) is 1. The number of rotatable bonds is 2. The Kier molecular flexibility index (Phi) is 3.94. The third-order valence-corrected chi connectivity index (χ3v) is 3.60. The normalized spacial score (nSPS) is 18.1. The number of hydrogen-bond acceptors (Lipinski definition) is 3. The van der Waals surface area contributed by atoms with Crippen molar-refractivity contribution in [1.82, 2.24) is 4.90 Å². The maximum atomic E-state index is 12.0. The summed E-state index contributed by atoms with van der Waals surface area (Å²) in [5.74, 6) is -1.02. The van der Waals surface area contributed by atoms with Crippen LogP contribution in [0.15, 0.2) is 12.1 Å². The van der Waals surface area contributed by atoms with Gasteiger partial charge in [-0.2, -0.15) is 0 Å². The molecule has 1 aliphatic rings. The number of carboxylic acid groups (broad SMARTS) is 1. The minimum Gasteiger partial charge on any atom is -0.478 e. The summed E-state index contributed by atoms with van der Waals surface area (Å²) >= 11 is 0. The van der Waals surface area contributed by atoms with Gasteiger partial charge >= 0.3 is 12.0 Å². The number of hydrogen-bond donors (Lipinski definition) is 3. The highest BCUT2D eigenvalue weighted by atomic mass is 16.4. The van der Waals surface area contributed by atoms with Gasteiger partial charge in [-0.15, -0.1) is 0 Å². The van der Waals surface area contributed by atoms with Gasteiger partial charge in [0.15, 0.2) is 0 Å². The van der Waals surface area contributed by atoms with Crippen LogP contribution in [-0.4, -0.2) is 46.3 Å². The second-order valence-corrected chi connectivity index (χ2v) is 5.09. The van der Waals surface area contributed by atoms with Crippen molar-refractivity contribution in [3.8, 4) is 0 Å². The number of likely N-dealkylation sites (tertiary alicyclic amines) is 1. The van der Waals surface area contributed by atoms with E-state index in [1.54, 1.807) is 19.9 Å². The quantitative estimate of drug-likeness (QED) is 0.766. The summed E-state index contributed by atoms with van der Waals surface area (Å²) < 4.78 is 0. The van der Waals surface area contributed by atoms with Crippen LogP contribution >= 0.6 is 0 Å². The van der Waals surface area contributed by atoms with Gasteiger partial charge in [-0.1, -0.05) is 0 Å². The van der Waals surface area contributed by atoms with Gasteiger partial charge in [0.1, 0.15) is 0 Å². The first-order valence-electron chi connectivity index (χ1n) is 6.47.